The van der Waals surface area contributed by atoms with Gasteiger partial charge in [-0.2, -0.15) is 0 Å². The average Bonchev–Trinajstić information content (AvgIpc) is 2.93. The van der Waals surface area contributed by atoms with Gasteiger partial charge in [-0.15, -0.1) is 0 Å². The van der Waals surface area contributed by atoms with Gasteiger partial charge in [-0.1, -0.05) is 27.7 Å². The number of nitrogens with one attached hydrogen (secondary N) is 1. The number of hydrogen-bond donors (Lipinski definition) is 1. The lowest BCUT2D eigenvalue weighted by molar-refractivity contribution is -0.0697. The maximum Gasteiger partial charge on any atom is 0.0730 e. The Labute approximate surface area is 125 Å². The molecule has 0 spiro atoms. The molecule has 1 N–H and O–H groups in total. The summed E-state index contributed by atoms with van der Waals surface area (Å²) in [5.74, 6) is 0. The zero-order valence-electron chi connectivity index (χ0n) is 14.0. The molecular formula is C17H34N2O. The molecule has 0 radical (unpaired) electrons. The highest BCUT2D eigenvalue weighted by atomic mass is 16.5. The van der Waals surface area contributed by atoms with E-state index in [9.17, 15) is 0 Å². The lowest BCUT2D eigenvalue weighted by Crippen LogP contribution is -2.54. The van der Waals surface area contributed by atoms with Crippen LogP contribution in [0.1, 0.15) is 59.8 Å². The van der Waals surface area contributed by atoms with Gasteiger partial charge in [-0.05, 0) is 37.5 Å². The zero-order valence-corrected chi connectivity index (χ0v) is 14.0. The summed E-state index contributed by atoms with van der Waals surface area (Å²) in [5.41, 5.74) is 0.425. The highest BCUT2D eigenvalue weighted by Crippen LogP contribution is 2.34. The number of morpholine rings is 1. The summed E-state index contributed by atoms with van der Waals surface area (Å²) in [4.78, 5) is 2.75. The van der Waals surface area contributed by atoms with Crippen molar-refractivity contribution in [3.8, 4) is 0 Å². The number of nitrogens with zero attached hydrogens (tertiary/aromatic N) is 1. The number of rotatable bonds is 7. The minimum absolute atomic E-state index is 0.425. The van der Waals surface area contributed by atoms with Crippen molar-refractivity contribution in [1.82, 2.24) is 10.2 Å². The van der Waals surface area contributed by atoms with E-state index in [1.807, 2.05) is 0 Å². The van der Waals surface area contributed by atoms with E-state index in [4.69, 9.17) is 4.74 Å². The maximum absolute atomic E-state index is 5.95. The Kier molecular flexibility index (Phi) is 5.88. The minimum atomic E-state index is 0.425. The Morgan fingerprint density at radius 1 is 1.25 bits per heavy atom. The second kappa shape index (κ2) is 7.24. The summed E-state index contributed by atoms with van der Waals surface area (Å²) >= 11 is 0. The molecule has 0 aromatic heterocycles. The van der Waals surface area contributed by atoms with Crippen molar-refractivity contribution < 1.29 is 4.74 Å². The predicted octanol–water partition coefficient (Wildman–Crippen LogP) is 3.04. The van der Waals surface area contributed by atoms with Crippen molar-refractivity contribution in [2.45, 2.75) is 78.0 Å². The molecule has 2 fully saturated rings. The van der Waals surface area contributed by atoms with Gasteiger partial charge in [0.15, 0.2) is 0 Å². The molecular weight excluding hydrogens is 248 g/mol. The normalized spacial score (nSPS) is 28.1. The highest BCUT2D eigenvalue weighted by Gasteiger charge is 2.39. The molecule has 1 aliphatic heterocycles. The topological polar surface area (TPSA) is 24.5 Å². The first kappa shape index (κ1) is 16.3. The summed E-state index contributed by atoms with van der Waals surface area (Å²) in [6.45, 7) is 13.7. The first-order valence-corrected chi connectivity index (χ1v) is 8.69. The van der Waals surface area contributed by atoms with Crippen LogP contribution in [0.3, 0.4) is 0 Å². The van der Waals surface area contributed by atoms with Crippen molar-refractivity contribution in [3.05, 3.63) is 0 Å². The SMILES string of the molecule is CCC(CC)(CNC(C)C)CN1CCOC2CCCC21. The van der Waals surface area contributed by atoms with Crippen molar-refractivity contribution in [2.24, 2.45) is 5.41 Å². The molecule has 1 saturated heterocycles. The molecule has 1 saturated carbocycles. The fourth-order valence-electron chi connectivity index (χ4n) is 3.83. The van der Waals surface area contributed by atoms with E-state index in [0.29, 0.717) is 23.6 Å². The Bertz CT molecular complexity index is 289. The second-order valence-corrected chi connectivity index (χ2v) is 7.12. The van der Waals surface area contributed by atoms with Crippen LogP contribution in [-0.2, 0) is 4.74 Å². The Morgan fingerprint density at radius 2 is 2.00 bits per heavy atom. The van der Waals surface area contributed by atoms with Gasteiger partial charge in [-0.25, -0.2) is 0 Å². The standard InChI is InChI=1S/C17H34N2O/c1-5-17(6-2,12-18-14(3)4)13-19-10-11-20-16-9-7-8-15(16)19/h14-16,18H,5-13H2,1-4H3. The van der Waals surface area contributed by atoms with Crippen molar-refractivity contribution >= 4 is 0 Å². The molecule has 2 unspecified atom stereocenters. The van der Waals surface area contributed by atoms with E-state index in [2.05, 4.69) is 37.9 Å². The van der Waals surface area contributed by atoms with Crippen molar-refractivity contribution in [2.75, 3.05) is 26.2 Å². The van der Waals surface area contributed by atoms with Gasteiger partial charge in [0.2, 0.25) is 0 Å². The zero-order chi connectivity index (χ0) is 14.6. The molecule has 2 rings (SSSR count). The largest absolute Gasteiger partial charge is 0.375 e. The van der Waals surface area contributed by atoms with Crippen LogP contribution in [0.4, 0.5) is 0 Å². The van der Waals surface area contributed by atoms with Gasteiger partial charge in [0.1, 0.15) is 0 Å². The molecule has 20 heavy (non-hydrogen) atoms. The molecule has 1 heterocycles. The molecule has 0 amide bonds. The molecule has 3 heteroatoms. The van der Waals surface area contributed by atoms with Gasteiger partial charge in [-0.3, -0.25) is 4.90 Å². The van der Waals surface area contributed by atoms with Crippen molar-refractivity contribution in [3.63, 3.8) is 0 Å². The third-order valence-electron chi connectivity index (χ3n) is 5.52. The Hall–Kier alpha value is -0.120. The summed E-state index contributed by atoms with van der Waals surface area (Å²) in [5, 5.41) is 3.68. The summed E-state index contributed by atoms with van der Waals surface area (Å²) in [6.07, 6.45) is 7.01. The molecule has 2 atom stereocenters. The van der Waals surface area contributed by atoms with Gasteiger partial charge >= 0.3 is 0 Å². The maximum atomic E-state index is 5.95. The molecule has 0 aromatic rings. The molecule has 0 bridgehead atoms. The number of ether oxygens (including phenoxy) is 1. The first-order valence-electron chi connectivity index (χ1n) is 8.69. The molecule has 3 nitrogen and oxygen atoms in total. The highest BCUT2D eigenvalue weighted by molar-refractivity contribution is 4.93. The van der Waals surface area contributed by atoms with Crippen LogP contribution < -0.4 is 5.32 Å². The van der Waals surface area contributed by atoms with Crippen LogP contribution in [0, 0.1) is 5.41 Å². The second-order valence-electron chi connectivity index (χ2n) is 7.12. The fraction of sp³-hybridized carbons (Fsp3) is 1.00. The predicted molar refractivity (Wildman–Crippen MR) is 85.1 cm³/mol. The quantitative estimate of drug-likeness (QED) is 0.777. The van der Waals surface area contributed by atoms with E-state index in [0.717, 1.165) is 19.7 Å². The number of fused-ring (bicyclic) bond motifs is 1. The lowest BCUT2D eigenvalue weighted by atomic mass is 9.80. The van der Waals surface area contributed by atoms with Crippen LogP contribution in [0.5, 0.6) is 0 Å². The summed E-state index contributed by atoms with van der Waals surface area (Å²) in [7, 11) is 0. The van der Waals surface area contributed by atoms with E-state index < -0.39 is 0 Å². The van der Waals surface area contributed by atoms with Crippen LogP contribution >= 0.6 is 0 Å². The third kappa shape index (κ3) is 3.75. The smallest absolute Gasteiger partial charge is 0.0730 e. The van der Waals surface area contributed by atoms with Gasteiger partial charge in [0.05, 0.1) is 12.7 Å². The first-order chi connectivity index (χ1) is 9.60. The Balaban J connectivity index is 1.99. The molecule has 1 aliphatic carbocycles. The average molecular weight is 282 g/mol. The summed E-state index contributed by atoms with van der Waals surface area (Å²) in [6, 6.07) is 1.27. The minimum Gasteiger partial charge on any atom is -0.375 e. The fourth-order valence-corrected chi connectivity index (χ4v) is 3.83. The van der Waals surface area contributed by atoms with Gasteiger partial charge in [0, 0.05) is 31.7 Å². The van der Waals surface area contributed by atoms with E-state index >= 15 is 0 Å². The van der Waals surface area contributed by atoms with Crippen LogP contribution in [0.15, 0.2) is 0 Å². The van der Waals surface area contributed by atoms with Gasteiger partial charge < -0.3 is 10.1 Å². The third-order valence-corrected chi connectivity index (χ3v) is 5.52. The van der Waals surface area contributed by atoms with Gasteiger partial charge in [0.25, 0.3) is 0 Å². The molecule has 2 aliphatic rings. The van der Waals surface area contributed by atoms with Crippen LogP contribution in [0.25, 0.3) is 0 Å². The van der Waals surface area contributed by atoms with Crippen LogP contribution in [-0.4, -0.2) is 49.3 Å². The number of hydrogen-bond acceptors (Lipinski definition) is 3. The molecule has 118 valence electrons. The van der Waals surface area contributed by atoms with E-state index in [1.54, 1.807) is 0 Å². The van der Waals surface area contributed by atoms with E-state index in [1.165, 1.54) is 38.6 Å². The Morgan fingerprint density at radius 3 is 2.65 bits per heavy atom. The van der Waals surface area contributed by atoms with Crippen LogP contribution in [0.2, 0.25) is 0 Å². The lowest BCUT2D eigenvalue weighted by Gasteiger charge is -2.44. The summed E-state index contributed by atoms with van der Waals surface area (Å²) < 4.78 is 5.95. The monoisotopic (exact) mass is 282 g/mol. The molecule has 0 aromatic carbocycles. The van der Waals surface area contributed by atoms with Crippen molar-refractivity contribution in [1.29, 1.82) is 0 Å². The van der Waals surface area contributed by atoms with E-state index in [-0.39, 0.29) is 0 Å².